The molecule has 0 aromatic heterocycles. The maximum atomic E-state index is 12.3. The van der Waals surface area contributed by atoms with E-state index in [-0.39, 0.29) is 0 Å². The number of carbonyl (C=O) groups excluding carboxylic acids is 1. The fourth-order valence-corrected chi connectivity index (χ4v) is 3.06. The lowest BCUT2D eigenvalue weighted by Crippen LogP contribution is -2.48. The highest BCUT2D eigenvalue weighted by Crippen LogP contribution is 2.08. The van der Waals surface area contributed by atoms with Gasteiger partial charge in [-0.05, 0) is 58.4 Å². The summed E-state index contributed by atoms with van der Waals surface area (Å²) in [6.45, 7) is 15.9. The van der Waals surface area contributed by atoms with E-state index >= 15 is 0 Å². The molecule has 0 atom stereocenters. The number of amides is 1. The summed E-state index contributed by atoms with van der Waals surface area (Å²) >= 11 is 0. The van der Waals surface area contributed by atoms with Gasteiger partial charge in [0.2, 0.25) is 5.91 Å². The Morgan fingerprint density at radius 3 is 2.27 bits per heavy atom. The molecule has 1 heterocycles. The number of hydrogen-bond donors (Lipinski definition) is 0. The molecule has 1 fully saturated rings. The first-order valence-electron chi connectivity index (χ1n) is 10.7. The summed E-state index contributed by atoms with van der Waals surface area (Å²) < 4.78 is 11.2. The molecule has 0 bridgehead atoms. The van der Waals surface area contributed by atoms with Crippen molar-refractivity contribution in [2.75, 3.05) is 52.5 Å². The van der Waals surface area contributed by atoms with E-state index in [1.165, 1.54) is 12.8 Å². The number of nitrogens with zero attached hydrogens (tertiary/aromatic N) is 2. The van der Waals surface area contributed by atoms with Crippen molar-refractivity contribution in [3.05, 3.63) is 0 Å². The molecule has 1 rings (SSSR count). The Morgan fingerprint density at radius 2 is 1.62 bits per heavy atom. The first kappa shape index (κ1) is 23.4. The van der Waals surface area contributed by atoms with Crippen LogP contribution in [0.1, 0.15) is 66.2 Å². The fraction of sp³-hybridized carbons (Fsp3) is 0.952. The lowest BCUT2D eigenvalue weighted by molar-refractivity contribution is -0.133. The molecule has 0 aromatic rings. The van der Waals surface area contributed by atoms with Crippen LogP contribution < -0.4 is 0 Å². The van der Waals surface area contributed by atoms with E-state index in [2.05, 4.69) is 32.6 Å². The topological polar surface area (TPSA) is 42.0 Å². The molecule has 26 heavy (non-hydrogen) atoms. The number of ether oxygens (including phenoxy) is 2. The number of carbonyl (C=O) groups is 1. The first-order valence-corrected chi connectivity index (χ1v) is 10.7. The van der Waals surface area contributed by atoms with Crippen LogP contribution in [0.15, 0.2) is 0 Å². The van der Waals surface area contributed by atoms with Crippen molar-refractivity contribution in [3.8, 4) is 0 Å². The summed E-state index contributed by atoms with van der Waals surface area (Å²) in [5.41, 5.74) is 0. The zero-order valence-corrected chi connectivity index (χ0v) is 17.7. The van der Waals surface area contributed by atoms with Crippen molar-refractivity contribution in [1.82, 2.24) is 9.80 Å². The molecule has 0 aromatic carbocycles. The van der Waals surface area contributed by atoms with Crippen molar-refractivity contribution >= 4 is 5.91 Å². The Labute approximate surface area is 161 Å². The van der Waals surface area contributed by atoms with Gasteiger partial charge in [0, 0.05) is 52.4 Å². The zero-order chi connectivity index (χ0) is 19.2. The Hall–Kier alpha value is -0.650. The second kappa shape index (κ2) is 14.4. The number of rotatable bonds is 14. The molecule has 0 unspecified atom stereocenters. The van der Waals surface area contributed by atoms with E-state index in [9.17, 15) is 4.79 Å². The van der Waals surface area contributed by atoms with Crippen LogP contribution in [0.4, 0.5) is 0 Å². The third-order valence-electron chi connectivity index (χ3n) is 4.81. The lowest BCUT2D eigenvalue weighted by Gasteiger charge is -2.34. The van der Waals surface area contributed by atoms with Gasteiger partial charge in [-0.25, -0.2) is 0 Å². The predicted molar refractivity (Wildman–Crippen MR) is 107 cm³/mol. The quantitative estimate of drug-likeness (QED) is 0.438. The Morgan fingerprint density at radius 1 is 0.885 bits per heavy atom. The highest BCUT2D eigenvalue weighted by molar-refractivity contribution is 5.76. The van der Waals surface area contributed by atoms with E-state index < -0.39 is 0 Å². The molecule has 1 aliphatic rings. The maximum absolute atomic E-state index is 12.3. The van der Waals surface area contributed by atoms with Crippen LogP contribution in [0.5, 0.6) is 0 Å². The minimum Gasteiger partial charge on any atom is -0.381 e. The normalized spacial score (nSPS) is 16.0. The van der Waals surface area contributed by atoms with Gasteiger partial charge in [0.25, 0.3) is 0 Å². The first-order chi connectivity index (χ1) is 12.5. The average Bonchev–Trinajstić information content (AvgIpc) is 2.60. The molecule has 1 aliphatic heterocycles. The third-order valence-corrected chi connectivity index (χ3v) is 4.81. The zero-order valence-electron chi connectivity index (χ0n) is 17.7. The van der Waals surface area contributed by atoms with Crippen molar-refractivity contribution in [2.45, 2.75) is 72.3 Å². The van der Waals surface area contributed by atoms with Gasteiger partial charge in [-0.1, -0.05) is 13.8 Å². The maximum Gasteiger partial charge on any atom is 0.222 e. The predicted octanol–water partition coefficient (Wildman–Crippen LogP) is 3.57. The van der Waals surface area contributed by atoms with Crippen molar-refractivity contribution in [3.63, 3.8) is 0 Å². The monoisotopic (exact) mass is 370 g/mol. The number of hydrogen-bond acceptors (Lipinski definition) is 4. The molecule has 0 saturated carbocycles. The van der Waals surface area contributed by atoms with Gasteiger partial charge < -0.3 is 14.4 Å². The molecular formula is C21H42N2O3. The van der Waals surface area contributed by atoms with E-state index in [1.54, 1.807) is 0 Å². The van der Waals surface area contributed by atoms with Crippen molar-refractivity contribution in [1.29, 1.82) is 0 Å². The highest BCUT2D eigenvalue weighted by atomic mass is 16.5. The molecule has 0 aliphatic carbocycles. The second-order valence-electron chi connectivity index (χ2n) is 8.10. The minimum absolute atomic E-state index is 0.294. The summed E-state index contributed by atoms with van der Waals surface area (Å²) in [5, 5.41) is 0. The van der Waals surface area contributed by atoms with Crippen LogP contribution in [0.2, 0.25) is 0 Å². The van der Waals surface area contributed by atoms with Gasteiger partial charge in [-0.2, -0.15) is 0 Å². The average molecular weight is 371 g/mol. The molecule has 5 heteroatoms. The second-order valence-corrected chi connectivity index (χ2v) is 8.10. The Balaban J connectivity index is 1.98. The molecule has 0 N–H and O–H groups in total. The Kier molecular flexibility index (Phi) is 13.0. The van der Waals surface area contributed by atoms with Crippen LogP contribution in [-0.4, -0.2) is 74.4 Å². The summed E-state index contributed by atoms with van der Waals surface area (Å²) in [6.07, 6.45) is 6.50. The van der Waals surface area contributed by atoms with Gasteiger partial charge in [-0.15, -0.1) is 0 Å². The summed E-state index contributed by atoms with van der Waals surface area (Å²) in [6, 6.07) is 0. The van der Waals surface area contributed by atoms with Gasteiger partial charge in [0.15, 0.2) is 0 Å². The fourth-order valence-electron chi connectivity index (χ4n) is 3.06. The molecule has 1 saturated heterocycles. The highest BCUT2D eigenvalue weighted by Gasteiger charge is 2.20. The van der Waals surface area contributed by atoms with E-state index in [1.807, 2.05) is 4.90 Å². The molecule has 154 valence electrons. The van der Waals surface area contributed by atoms with Gasteiger partial charge >= 0.3 is 0 Å². The molecule has 5 nitrogen and oxygen atoms in total. The summed E-state index contributed by atoms with van der Waals surface area (Å²) in [5.74, 6) is 0.976. The smallest absolute Gasteiger partial charge is 0.222 e. The molecule has 0 radical (unpaired) electrons. The SMILES string of the molecule is CC(C)CCOCCCC(=O)N1CCN(CCCCCOC(C)C)CC1. The Bertz CT molecular complexity index is 353. The summed E-state index contributed by atoms with van der Waals surface area (Å²) in [7, 11) is 0. The summed E-state index contributed by atoms with van der Waals surface area (Å²) in [4.78, 5) is 16.8. The lowest BCUT2D eigenvalue weighted by atomic mass is 10.1. The van der Waals surface area contributed by atoms with E-state index in [0.717, 1.165) is 65.2 Å². The molecule has 0 spiro atoms. The minimum atomic E-state index is 0.294. The van der Waals surface area contributed by atoms with Crippen molar-refractivity contribution in [2.24, 2.45) is 5.92 Å². The van der Waals surface area contributed by atoms with E-state index in [0.29, 0.717) is 31.0 Å². The molecule has 1 amide bonds. The van der Waals surface area contributed by atoms with Gasteiger partial charge in [-0.3, -0.25) is 9.69 Å². The third kappa shape index (κ3) is 11.9. The largest absolute Gasteiger partial charge is 0.381 e. The van der Waals surface area contributed by atoms with Crippen LogP contribution in [0.3, 0.4) is 0 Å². The van der Waals surface area contributed by atoms with Crippen LogP contribution in [-0.2, 0) is 14.3 Å². The van der Waals surface area contributed by atoms with Crippen LogP contribution >= 0.6 is 0 Å². The molecular weight excluding hydrogens is 328 g/mol. The van der Waals surface area contributed by atoms with Crippen LogP contribution in [0, 0.1) is 5.92 Å². The van der Waals surface area contributed by atoms with E-state index in [4.69, 9.17) is 9.47 Å². The number of unbranched alkanes of at least 4 members (excludes halogenated alkanes) is 2. The van der Waals surface area contributed by atoms with Gasteiger partial charge in [0.1, 0.15) is 0 Å². The van der Waals surface area contributed by atoms with Gasteiger partial charge in [0.05, 0.1) is 6.10 Å². The standard InChI is InChI=1S/C21H42N2O3/c1-19(2)10-18-25-16-8-9-21(24)23-14-12-22(13-15-23)11-6-5-7-17-26-20(3)4/h19-20H,5-18H2,1-4H3. The number of piperazine rings is 1. The van der Waals surface area contributed by atoms with Crippen LogP contribution in [0.25, 0.3) is 0 Å². The van der Waals surface area contributed by atoms with Crippen molar-refractivity contribution < 1.29 is 14.3 Å².